The van der Waals surface area contributed by atoms with Crippen LogP contribution >= 0.6 is 0 Å². The van der Waals surface area contributed by atoms with Crippen molar-refractivity contribution in [3.63, 3.8) is 0 Å². The van der Waals surface area contributed by atoms with Crippen LogP contribution in [0.2, 0.25) is 0 Å². The van der Waals surface area contributed by atoms with Crippen molar-refractivity contribution in [2.24, 2.45) is 0 Å². The molecule has 7 rings (SSSR count). The quantitative estimate of drug-likeness (QED) is 0.540. The van der Waals surface area contributed by atoms with E-state index in [0.29, 0.717) is 43.0 Å². The summed E-state index contributed by atoms with van der Waals surface area (Å²) < 4.78 is 30.6. The van der Waals surface area contributed by atoms with Gasteiger partial charge in [-0.3, -0.25) is 9.69 Å². The first-order chi connectivity index (χ1) is 20.2. The molecule has 222 valence electrons. The zero-order chi connectivity index (χ0) is 29.2. The van der Waals surface area contributed by atoms with E-state index in [1.54, 1.807) is 13.3 Å². The molecule has 5 aliphatic heterocycles. The van der Waals surface area contributed by atoms with E-state index >= 15 is 0 Å². The average molecular weight is 591 g/mol. The van der Waals surface area contributed by atoms with Crippen LogP contribution in [-0.4, -0.2) is 89.9 Å². The minimum atomic E-state index is -3.00. The Labute approximate surface area is 247 Å². The molecule has 11 heteroatoms. The van der Waals surface area contributed by atoms with Crippen molar-refractivity contribution in [1.29, 1.82) is 0 Å². The van der Waals surface area contributed by atoms with E-state index in [4.69, 9.17) is 4.74 Å². The Hall–Kier alpha value is -3.36. The van der Waals surface area contributed by atoms with Gasteiger partial charge in [0, 0.05) is 44.3 Å². The number of amides is 1. The lowest BCUT2D eigenvalue weighted by Crippen LogP contribution is -2.64. The number of carbonyl (C=O) groups is 1. The molecule has 3 atom stereocenters. The summed E-state index contributed by atoms with van der Waals surface area (Å²) in [5.41, 5.74) is 4.20. The van der Waals surface area contributed by atoms with Crippen LogP contribution in [0.1, 0.15) is 68.2 Å². The summed E-state index contributed by atoms with van der Waals surface area (Å²) in [5.74, 6) is 8.34. The smallest absolute Gasteiger partial charge is 0.298 e. The highest BCUT2D eigenvalue weighted by molar-refractivity contribution is 7.91. The minimum Gasteiger partial charge on any atom is -0.483 e. The zero-order valence-corrected chi connectivity index (χ0v) is 25.3. The van der Waals surface area contributed by atoms with Gasteiger partial charge < -0.3 is 19.9 Å². The van der Waals surface area contributed by atoms with Crippen LogP contribution in [0.5, 0.6) is 5.75 Å². The molecule has 1 aromatic heterocycles. The van der Waals surface area contributed by atoms with Crippen LogP contribution in [0.3, 0.4) is 0 Å². The van der Waals surface area contributed by atoms with E-state index in [9.17, 15) is 13.2 Å². The van der Waals surface area contributed by atoms with Gasteiger partial charge in [0.05, 0.1) is 22.8 Å². The van der Waals surface area contributed by atoms with Gasteiger partial charge in [-0.1, -0.05) is 12.0 Å². The molecule has 1 N–H and O–H groups in total. The number of hydrogen-bond acceptors (Lipinski definition) is 9. The van der Waals surface area contributed by atoms with Crippen molar-refractivity contribution < 1.29 is 17.9 Å². The van der Waals surface area contributed by atoms with E-state index in [1.165, 1.54) is 18.4 Å². The van der Waals surface area contributed by atoms with Gasteiger partial charge in [0.25, 0.3) is 5.91 Å². The number of aryl methyl sites for hydroxylation is 1. The second-order valence-electron chi connectivity index (χ2n) is 12.4. The summed E-state index contributed by atoms with van der Waals surface area (Å²) >= 11 is 0. The third-order valence-electron chi connectivity index (χ3n) is 9.82. The molecule has 5 aliphatic rings. The number of benzene rings is 1. The van der Waals surface area contributed by atoms with Crippen molar-refractivity contribution >= 4 is 33.1 Å². The molecule has 1 amide bonds. The van der Waals surface area contributed by atoms with Gasteiger partial charge in [-0.2, -0.15) is 0 Å². The number of nitrogens with one attached hydrogen (secondary N) is 1. The largest absolute Gasteiger partial charge is 0.483 e. The third-order valence-corrected chi connectivity index (χ3v) is 11.4. The number of rotatable bonds is 3. The molecule has 0 saturated carbocycles. The van der Waals surface area contributed by atoms with Gasteiger partial charge in [-0.15, -0.1) is 0 Å². The van der Waals surface area contributed by atoms with Crippen LogP contribution in [0.4, 0.5) is 17.3 Å². The Kier molecular flexibility index (Phi) is 6.82. The summed E-state index contributed by atoms with van der Waals surface area (Å²) in [6.07, 6.45) is 5.92. The predicted octanol–water partition coefficient (Wildman–Crippen LogP) is 3.16. The molecule has 2 bridgehead atoms. The molecule has 6 heterocycles. The molecule has 0 radical (unpaired) electrons. The van der Waals surface area contributed by atoms with Crippen molar-refractivity contribution in [3.05, 3.63) is 35.2 Å². The molecule has 4 fully saturated rings. The number of sulfone groups is 1. The number of carbonyl (C=O) groups excluding carboxylic acids is 1. The average Bonchev–Trinajstić information content (AvgIpc) is 3.09. The van der Waals surface area contributed by atoms with Gasteiger partial charge in [0.15, 0.2) is 9.84 Å². The fourth-order valence-corrected chi connectivity index (χ4v) is 8.97. The van der Waals surface area contributed by atoms with E-state index in [-0.39, 0.29) is 23.5 Å². The van der Waals surface area contributed by atoms with Gasteiger partial charge in [0.1, 0.15) is 29.8 Å². The van der Waals surface area contributed by atoms with Crippen LogP contribution in [0.25, 0.3) is 0 Å². The fourth-order valence-electron chi connectivity index (χ4n) is 7.76. The fraction of sp³-hybridized carbons (Fsp3) is 0.581. The second kappa shape index (κ2) is 10.4. The van der Waals surface area contributed by atoms with Gasteiger partial charge in [-0.05, 0) is 75.5 Å². The Morgan fingerprint density at radius 3 is 2.48 bits per heavy atom. The van der Waals surface area contributed by atoms with Crippen molar-refractivity contribution in [2.75, 3.05) is 47.9 Å². The van der Waals surface area contributed by atoms with Gasteiger partial charge in [0.2, 0.25) is 0 Å². The molecule has 0 spiro atoms. The first kappa shape index (κ1) is 27.5. The summed E-state index contributed by atoms with van der Waals surface area (Å²) in [5, 5.41) is 3.58. The zero-order valence-electron chi connectivity index (χ0n) is 24.5. The first-order valence-corrected chi connectivity index (χ1v) is 16.9. The second-order valence-corrected chi connectivity index (χ2v) is 14.7. The van der Waals surface area contributed by atoms with E-state index in [2.05, 4.69) is 51.1 Å². The van der Waals surface area contributed by atoms with Crippen molar-refractivity contribution in [1.82, 2.24) is 19.8 Å². The summed E-state index contributed by atoms with van der Waals surface area (Å²) in [7, 11) is -3.00. The molecule has 10 nitrogen and oxygen atoms in total. The van der Waals surface area contributed by atoms with Gasteiger partial charge in [-0.25, -0.2) is 18.4 Å². The number of piperidine rings is 1. The number of ether oxygens (including phenoxy) is 1. The van der Waals surface area contributed by atoms with E-state index in [1.807, 2.05) is 16.7 Å². The molecular weight excluding hydrogens is 552 g/mol. The maximum atomic E-state index is 12.1. The summed E-state index contributed by atoms with van der Waals surface area (Å²) in [4.78, 5) is 27.9. The highest BCUT2D eigenvalue weighted by Crippen LogP contribution is 2.48. The highest BCUT2D eigenvalue weighted by Gasteiger charge is 2.48. The van der Waals surface area contributed by atoms with Crippen molar-refractivity contribution in [3.8, 4) is 17.6 Å². The molecule has 1 aromatic carbocycles. The number of nitrogens with zero attached hydrogens (tertiary/aromatic N) is 5. The minimum absolute atomic E-state index is 0.0525. The monoisotopic (exact) mass is 590 g/mol. The van der Waals surface area contributed by atoms with E-state index < -0.39 is 9.84 Å². The predicted molar refractivity (Wildman–Crippen MR) is 161 cm³/mol. The summed E-state index contributed by atoms with van der Waals surface area (Å²) in [6.45, 7) is 8.24. The molecule has 2 unspecified atom stereocenters. The molecule has 2 aromatic rings. The SMILES string of the molecule is CC#CC(=O)N1CC(N2C3CCC2CC(c2cc(C)c4c(c2)Nc2ncnc(N5CCS(=O)(=O)CC5)c2[C@@H](C)O4)C3)C1. The van der Waals surface area contributed by atoms with Crippen LogP contribution in [0.15, 0.2) is 18.5 Å². The Balaban J connectivity index is 1.11. The maximum Gasteiger partial charge on any atom is 0.298 e. The first-order valence-electron chi connectivity index (χ1n) is 15.1. The number of hydrogen-bond donors (Lipinski definition) is 1. The number of likely N-dealkylation sites (tertiary alicyclic amines) is 1. The van der Waals surface area contributed by atoms with Crippen LogP contribution in [0, 0.1) is 18.8 Å². The topological polar surface area (TPSA) is 108 Å². The Morgan fingerprint density at radius 2 is 1.79 bits per heavy atom. The lowest BCUT2D eigenvalue weighted by Gasteiger charge is -2.50. The number of fused-ring (bicyclic) bond motifs is 4. The molecular formula is C31H38N6O4S. The highest BCUT2D eigenvalue weighted by atomic mass is 32.2. The molecule has 4 saturated heterocycles. The third kappa shape index (κ3) is 4.78. The van der Waals surface area contributed by atoms with Crippen molar-refractivity contribution in [2.45, 2.75) is 76.6 Å². The van der Waals surface area contributed by atoms with Crippen LogP contribution in [-0.2, 0) is 14.6 Å². The van der Waals surface area contributed by atoms with Gasteiger partial charge >= 0.3 is 0 Å². The lowest BCUT2D eigenvalue weighted by atomic mass is 9.83. The lowest BCUT2D eigenvalue weighted by molar-refractivity contribution is -0.134. The molecule has 42 heavy (non-hydrogen) atoms. The Morgan fingerprint density at radius 1 is 1.07 bits per heavy atom. The standard InChI is InChI=1S/C31H38N6O4S/c1-4-5-27(38)36-16-25(17-36)37-23-6-7-24(37)14-22(13-23)21-12-19(2)29-26(15-21)34-30-28(20(3)41-29)31(33-18-32-30)35-8-10-42(39,40)11-9-35/h12,15,18,20,22-25H,6-11,13-14,16-17H2,1-3H3,(H,32,33,34)/t20-,22?,23?,24?/m1/s1. The summed E-state index contributed by atoms with van der Waals surface area (Å²) in [6, 6.07) is 6.06. The Bertz CT molecular complexity index is 1570. The van der Waals surface area contributed by atoms with Crippen LogP contribution < -0.4 is 15.0 Å². The normalized spacial score (nSPS) is 28.3. The maximum absolute atomic E-state index is 12.1. The number of anilines is 3. The molecule has 0 aliphatic carbocycles. The van der Waals surface area contributed by atoms with E-state index in [0.717, 1.165) is 54.3 Å². The number of aromatic nitrogens is 2.